The molecule has 1 aromatic carbocycles. The van der Waals surface area contributed by atoms with Crippen LogP contribution in [0, 0.1) is 0 Å². The Morgan fingerprint density at radius 3 is 2.90 bits per heavy atom. The molecule has 0 saturated carbocycles. The number of urea groups is 1. The summed E-state index contributed by atoms with van der Waals surface area (Å²) in [6.45, 7) is 1.26. The van der Waals surface area contributed by atoms with Crippen molar-refractivity contribution in [2.45, 2.75) is 19.3 Å². The topological polar surface area (TPSA) is 69.6 Å². The minimum Gasteiger partial charge on any atom is -0.478 e. The number of carboxylic acids is 1. The summed E-state index contributed by atoms with van der Waals surface area (Å²) in [5.74, 6) is 0.131. The number of rotatable bonds is 6. The van der Waals surface area contributed by atoms with Gasteiger partial charge in [0.2, 0.25) is 0 Å². The van der Waals surface area contributed by atoms with Crippen molar-refractivity contribution in [3.63, 3.8) is 0 Å². The van der Waals surface area contributed by atoms with Crippen LogP contribution in [0.2, 0.25) is 0 Å². The first-order valence-corrected chi connectivity index (χ1v) is 8.43. The van der Waals surface area contributed by atoms with E-state index in [0.717, 1.165) is 36.3 Å². The zero-order valence-electron chi connectivity index (χ0n) is 12.1. The highest BCUT2D eigenvalue weighted by atomic mass is 32.2. The summed E-state index contributed by atoms with van der Waals surface area (Å²) in [6, 6.07) is 4.83. The minimum atomic E-state index is -0.970. The van der Waals surface area contributed by atoms with Gasteiger partial charge < -0.3 is 10.4 Å². The number of fused-ring (bicyclic) bond motifs is 1. The van der Waals surface area contributed by atoms with Crippen molar-refractivity contribution in [1.82, 2.24) is 5.32 Å². The second-order valence-electron chi connectivity index (χ2n) is 4.98. The van der Waals surface area contributed by atoms with Gasteiger partial charge in [-0.25, -0.2) is 9.59 Å². The predicted octanol–water partition coefficient (Wildman–Crippen LogP) is 2.60. The van der Waals surface area contributed by atoms with Gasteiger partial charge in [0.25, 0.3) is 0 Å². The van der Waals surface area contributed by atoms with E-state index in [1.807, 2.05) is 0 Å². The lowest BCUT2D eigenvalue weighted by Gasteiger charge is -2.18. The smallest absolute Gasteiger partial charge is 0.335 e. The third-order valence-corrected chi connectivity index (χ3v) is 4.22. The van der Waals surface area contributed by atoms with Crippen molar-refractivity contribution >= 4 is 29.4 Å². The van der Waals surface area contributed by atoms with Crippen molar-refractivity contribution in [3.05, 3.63) is 29.3 Å². The third kappa shape index (κ3) is 3.91. The van der Waals surface area contributed by atoms with Crippen LogP contribution in [0.3, 0.4) is 0 Å². The molecule has 2 amide bonds. The SMILES string of the molecule is CSCCCCNC(=O)N1CCc2ccc(C(=O)O)cc21. The Hall–Kier alpha value is -1.69. The Bertz CT molecular complexity index is 534. The average molecular weight is 308 g/mol. The Morgan fingerprint density at radius 1 is 1.38 bits per heavy atom. The number of carbonyl (C=O) groups excluding carboxylic acids is 1. The number of thioether (sulfide) groups is 1. The fourth-order valence-corrected chi connectivity index (χ4v) is 2.88. The lowest BCUT2D eigenvalue weighted by Crippen LogP contribution is -2.39. The van der Waals surface area contributed by atoms with E-state index in [2.05, 4.69) is 11.6 Å². The third-order valence-electron chi connectivity index (χ3n) is 3.52. The molecule has 2 rings (SSSR count). The number of unbranched alkanes of at least 4 members (excludes halogenated alkanes) is 1. The summed E-state index contributed by atoms with van der Waals surface area (Å²) >= 11 is 1.80. The van der Waals surface area contributed by atoms with Gasteiger partial charge in [-0.2, -0.15) is 11.8 Å². The lowest BCUT2D eigenvalue weighted by atomic mass is 10.1. The van der Waals surface area contributed by atoms with Crippen LogP contribution >= 0.6 is 11.8 Å². The maximum absolute atomic E-state index is 12.2. The van der Waals surface area contributed by atoms with E-state index in [0.29, 0.717) is 13.1 Å². The molecule has 21 heavy (non-hydrogen) atoms. The van der Waals surface area contributed by atoms with E-state index in [1.54, 1.807) is 34.9 Å². The normalized spacial score (nSPS) is 13.1. The number of nitrogens with one attached hydrogen (secondary N) is 1. The van der Waals surface area contributed by atoms with Gasteiger partial charge in [0.1, 0.15) is 0 Å². The van der Waals surface area contributed by atoms with Gasteiger partial charge in [-0.05, 0) is 49.0 Å². The fraction of sp³-hybridized carbons (Fsp3) is 0.467. The van der Waals surface area contributed by atoms with Gasteiger partial charge in [-0.1, -0.05) is 6.07 Å². The van der Waals surface area contributed by atoms with E-state index in [-0.39, 0.29) is 11.6 Å². The van der Waals surface area contributed by atoms with Crippen LogP contribution in [-0.4, -0.2) is 42.2 Å². The van der Waals surface area contributed by atoms with Gasteiger partial charge in [-0.15, -0.1) is 0 Å². The summed E-state index contributed by atoms with van der Waals surface area (Å²) in [4.78, 5) is 24.8. The number of benzene rings is 1. The molecule has 0 saturated heterocycles. The molecule has 114 valence electrons. The molecule has 1 heterocycles. The highest BCUT2D eigenvalue weighted by Gasteiger charge is 2.25. The first kappa shape index (κ1) is 15.7. The summed E-state index contributed by atoms with van der Waals surface area (Å²) < 4.78 is 0. The van der Waals surface area contributed by atoms with Crippen LogP contribution in [-0.2, 0) is 6.42 Å². The van der Waals surface area contributed by atoms with Crippen molar-refractivity contribution < 1.29 is 14.7 Å². The molecule has 0 bridgehead atoms. The fourth-order valence-electron chi connectivity index (χ4n) is 2.39. The van der Waals surface area contributed by atoms with E-state index < -0.39 is 5.97 Å². The number of aromatic carboxylic acids is 1. The lowest BCUT2D eigenvalue weighted by molar-refractivity contribution is 0.0697. The number of hydrogen-bond donors (Lipinski definition) is 2. The molecule has 2 N–H and O–H groups in total. The second kappa shape index (κ2) is 7.36. The summed E-state index contributed by atoms with van der Waals surface area (Å²) in [5.41, 5.74) is 1.96. The minimum absolute atomic E-state index is 0.138. The number of carboxylic acid groups (broad SMARTS) is 1. The first-order chi connectivity index (χ1) is 10.1. The van der Waals surface area contributed by atoms with Gasteiger partial charge in [0.15, 0.2) is 0 Å². The number of anilines is 1. The molecule has 0 fully saturated rings. The molecule has 0 atom stereocenters. The zero-order chi connectivity index (χ0) is 15.2. The average Bonchev–Trinajstić information content (AvgIpc) is 2.89. The molecule has 5 nitrogen and oxygen atoms in total. The van der Waals surface area contributed by atoms with Crippen LogP contribution in [0.25, 0.3) is 0 Å². The van der Waals surface area contributed by atoms with E-state index in [9.17, 15) is 9.59 Å². The van der Waals surface area contributed by atoms with Crippen LogP contribution in [0.15, 0.2) is 18.2 Å². The Kier molecular flexibility index (Phi) is 5.50. The van der Waals surface area contributed by atoms with Crippen molar-refractivity contribution in [2.75, 3.05) is 30.0 Å². The predicted molar refractivity (Wildman–Crippen MR) is 85.5 cm³/mol. The number of carbonyl (C=O) groups is 2. The monoisotopic (exact) mass is 308 g/mol. The Labute approximate surface area is 128 Å². The molecule has 0 radical (unpaired) electrons. The van der Waals surface area contributed by atoms with Crippen molar-refractivity contribution in [3.8, 4) is 0 Å². The van der Waals surface area contributed by atoms with Gasteiger partial charge in [-0.3, -0.25) is 4.90 Å². The molecule has 0 spiro atoms. The molecule has 0 aliphatic carbocycles. The largest absolute Gasteiger partial charge is 0.478 e. The highest BCUT2D eigenvalue weighted by Crippen LogP contribution is 2.29. The van der Waals surface area contributed by atoms with Gasteiger partial charge in [0.05, 0.1) is 5.56 Å². The maximum atomic E-state index is 12.2. The van der Waals surface area contributed by atoms with Gasteiger partial charge >= 0.3 is 12.0 Å². The first-order valence-electron chi connectivity index (χ1n) is 7.04. The molecule has 1 aromatic rings. The maximum Gasteiger partial charge on any atom is 0.335 e. The van der Waals surface area contributed by atoms with Crippen molar-refractivity contribution in [2.24, 2.45) is 0 Å². The van der Waals surface area contributed by atoms with Crippen molar-refractivity contribution in [1.29, 1.82) is 0 Å². The standard InChI is InChI=1S/C15H20N2O3S/c1-21-9-3-2-7-16-15(20)17-8-6-11-4-5-12(14(18)19)10-13(11)17/h4-5,10H,2-3,6-9H2,1H3,(H,16,20)(H,18,19). The van der Waals surface area contributed by atoms with Gasteiger partial charge in [0, 0.05) is 18.8 Å². The van der Waals surface area contributed by atoms with Crippen LogP contribution in [0.1, 0.15) is 28.8 Å². The molecule has 0 unspecified atom stereocenters. The molecule has 1 aliphatic rings. The highest BCUT2D eigenvalue weighted by molar-refractivity contribution is 7.98. The second-order valence-corrected chi connectivity index (χ2v) is 5.97. The number of amides is 2. The van der Waals surface area contributed by atoms with E-state index in [1.165, 1.54) is 0 Å². The quantitative estimate of drug-likeness (QED) is 0.793. The summed E-state index contributed by atoms with van der Waals surface area (Å²) in [6.07, 6.45) is 4.89. The number of hydrogen-bond acceptors (Lipinski definition) is 3. The number of nitrogens with zero attached hydrogens (tertiary/aromatic N) is 1. The van der Waals surface area contributed by atoms with E-state index in [4.69, 9.17) is 5.11 Å². The zero-order valence-corrected chi connectivity index (χ0v) is 12.9. The molecule has 0 aromatic heterocycles. The molecular weight excluding hydrogens is 288 g/mol. The Morgan fingerprint density at radius 2 is 2.19 bits per heavy atom. The summed E-state index contributed by atoms with van der Waals surface area (Å²) in [7, 11) is 0. The summed E-state index contributed by atoms with van der Waals surface area (Å²) in [5, 5.41) is 11.9. The molecular formula is C15H20N2O3S. The Balaban J connectivity index is 1.96. The molecule has 1 aliphatic heterocycles. The van der Waals surface area contributed by atoms with Crippen LogP contribution in [0.5, 0.6) is 0 Å². The molecule has 6 heteroatoms. The van der Waals surface area contributed by atoms with Crippen LogP contribution < -0.4 is 10.2 Å². The van der Waals surface area contributed by atoms with E-state index >= 15 is 0 Å². The van der Waals surface area contributed by atoms with Crippen LogP contribution in [0.4, 0.5) is 10.5 Å².